The highest BCUT2D eigenvalue weighted by Crippen LogP contribution is 2.25. The highest BCUT2D eigenvalue weighted by atomic mass is 79.9. The van der Waals surface area contributed by atoms with Crippen molar-refractivity contribution < 1.29 is 14.3 Å². The molecule has 2 aliphatic rings. The summed E-state index contributed by atoms with van der Waals surface area (Å²) in [6, 6.07) is 5.77. The van der Waals surface area contributed by atoms with Crippen LogP contribution in [0.1, 0.15) is 29.8 Å². The van der Waals surface area contributed by atoms with Crippen molar-refractivity contribution in [2.24, 2.45) is 0 Å². The molecule has 0 N–H and O–H groups in total. The predicted octanol–water partition coefficient (Wildman–Crippen LogP) is 2.85. The molecule has 1 aromatic carbocycles. The molecule has 0 radical (unpaired) electrons. The molecule has 1 saturated heterocycles. The van der Waals surface area contributed by atoms with Gasteiger partial charge in [-0.25, -0.2) is 0 Å². The van der Waals surface area contributed by atoms with E-state index >= 15 is 0 Å². The largest absolute Gasteiger partial charge is 0.348 e. The number of benzene rings is 1. The van der Waals surface area contributed by atoms with Gasteiger partial charge in [0.2, 0.25) is 0 Å². The lowest BCUT2D eigenvalue weighted by Crippen LogP contribution is -2.34. The molecule has 0 saturated carbocycles. The SMILES string of the molecule is CC1(C)OCCO1.CN1CCc2c(Br)cccc2C1=O. The Morgan fingerprint density at radius 3 is 2.45 bits per heavy atom. The molecule has 2 aliphatic heterocycles. The fourth-order valence-electron chi connectivity index (χ4n) is 2.22. The molecular weight excluding hydrogens is 322 g/mol. The monoisotopic (exact) mass is 341 g/mol. The Balaban J connectivity index is 0.000000178. The van der Waals surface area contributed by atoms with Crippen LogP contribution in [0.5, 0.6) is 0 Å². The number of ether oxygens (including phenoxy) is 2. The lowest BCUT2D eigenvalue weighted by atomic mass is 10.00. The Morgan fingerprint density at radius 2 is 1.90 bits per heavy atom. The second-order valence-electron chi connectivity index (χ2n) is 5.34. The number of nitrogens with zero attached hydrogens (tertiary/aromatic N) is 1. The van der Waals surface area contributed by atoms with Crippen LogP contribution in [0.25, 0.3) is 0 Å². The fraction of sp³-hybridized carbons (Fsp3) is 0.533. The first kappa shape index (κ1) is 15.5. The van der Waals surface area contributed by atoms with Gasteiger partial charge < -0.3 is 14.4 Å². The number of carbonyl (C=O) groups is 1. The van der Waals surface area contributed by atoms with Gasteiger partial charge in [0.05, 0.1) is 13.2 Å². The van der Waals surface area contributed by atoms with Crippen molar-refractivity contribution in [3.8, 4) is 0 Å². The molecule has 0 bridgehead atoms. The van der Waals surface area contributed by atoms with E-state index in [-0.39, 0.29) is 11.7 Å². The molecule has 1 amide bonds. The van der Waals surface area contributed by atoms with E-state index in [1.54, 1.807) is 4.90 Å². The Hall–Kier alpha value is -0.910. The van der Waals surface area contributed by atoms with Crippen LogP contribution in [0, 0.1) is 0 Å². The summed E-state index contributed by atoms with van der Waals surface area (Å²) < 4.78 is 11.3. The fourth-order valence-corrected chi connectivity index (χ4v) is 2.78. The Morgan fingerprint density at radius 1 is 1.25 bits per heavy atom. The topological polar surface area (TPSA) is 38.8 Å². The third-order valence-electron chi connectivity index (χ3n) is 3.38. The number of hydrogen-bond acceptors (Lipinski definition) is 3. The second-order valence-corrected chi connectivity index (χ2v) is 6.19. The number of fused-ring (bicyclic) bond motifs is 1. The minimum Gasteiger partial charge on any atom is -0.348 e. The summed E-state index contributed by atoms with van der Waals surface area (Å²) >= 11 is 3.46. The molecular formula is C15H20BrNO3. The van der Waals surface area contributed by atoms with Crippen molar-refractivity contribution in [2.75, 3.05) is 26.8 Å². The minimum absolute atomic E-state index is 0.127. The smallest absolute Gasteiger partial charge is 0.253 e. The van der Waals surface area contributed by atoms with E-state index in [1.807, 2.05) is 39.1 Å². The Bertz CT molecular complexity index is 494. The van der Waals surface area contributed by atoms with Crippen molar-refractivity contribution in [3.63, 3.8) is 0 Å². The van der Waals surface area contributed by atoms with Crippen molar-refractivity contribution in [1.29, 1.82) is 0 Å². The highest BCUT2D eigenvalue weighted by Gasteiger charge is 2.23. The predicted molar refractivity (Wildman–Crippen MR) is 80.8 cm³/mol. The molecule has 1 aromatic rings. The van der Waals surface area contributed by atoms with E-state index < -0.39 is 0 Å². The molecule has 1 fully saturated rings. The number of hydrogen-bond donors (Lipinski definition) is 0. The number of rotatable bonds is 0. The second kappa shape index (κ2) is 6.24. The van der Waals surface area contributed by atoms with Gasteiger partial charge in [0, 0.05) is 23.6 Å². The van der Waals surface area contributed by atoms with Gasteiger partial charge in [0.25, 0.3) is 5.91 Å². The molecule has 2 heterocycles. The van der Waals surface area contributed by atoms with Crippen LogP contribution < -0.4 is 0 Å². The summed E-state index contributed by atoms with van der Waals surface area (Å²) in [5.41, 5.74) is 1.98. The molecule has 3 rings (SSSR count). The van der Waals surface area contributed by atoms with E-state index in [0.717, 1.165) is 41.8 Å². The van der Waals surface area contributed by atoms with Crippen molar-refractivity contribution >= 4 is 21.8 Å². The zero-order valence-corrected chi connectivity index (χ0v) is 13.7. The van der Waals surface area contributed by atoms with Crippen molar-refractivity contribution in [2.45, 2.75) is 26.1 Å². The summed E-state index contributed by atoms with van der Waals surface area (Å²) in [6.45, 7) is 6.13. The van der Waals surface area contributed by atoms with E-state index in [4.69, 9.17) is 9.47 Å². The average molecular weight is 342 g/mol. The van der Waals surface area contributed by atoms with Gasteiger partial charge in [-0.2, -0.15) is 0 Å². The maximum Gasteiger partial charge on any atom is 0.253 e. The van der Waals surface area contributed by atoms with Crippen LogP contribution in [0.2, 0.25) is 0 Å². The lowest BCUT2D eigenvalue weighted by molar-refractivity contribution is -0.125. The van der Waals surface area contributed by atoms with E-state index in [1.165, 1.54) is 0 Å². The molecule has 0 aliphatic carbocycles. The number of halogens is 1. The normalized spacial score (nSPS) is 20.2. The number of carbonyl (C=O) groups excluding carboxylic acids is 1. The van der Waals surface area contributed by atoms with Gasteiger partial charge in [-0.1, -0.05) is 22.0 Å². The zero-order valence-electron chi connectivity index (χ0n) is 12.1. The molecule has 5 heteroatoms. The first-order chi connectivity index (χ1) is 9.41. The van der Waals surface area contributed by atoms with Crippen LogP contribution in [-0.4, -0.2) is 43.4 Å². The van der Waals surface area contributed by atoms with Gasteiger partial charge in [0.15, 0.2) is 5.79 Å². The van der Waals surface area contributed by atoms with Crippen molar-refractivity contribution in [3.05, 3.63) is 33.8 Å². The summed E-state index contributed by atoms with van der Waals surface area (Å²) in [4.78, 5) is 13.4. The maximum atomic E-state index is 11.7. The highest BCUT2D eigenvalue weighted by molar-refractivity contribution is 9.10. The molecule has 0 spiro atoms. The maximum absolute atomic E-state index is 11.7. The summed E-state index contributed by atoms with van der Waals surface area (Å²) in [5.74, 6) is -0.178. The molecule has 110 valence electrons. The lowest BCUT2D eigenvalue weighted by Gasteiger charge is -2.25. The molecule has 0 aromatic heterocycles. The van der Waals surface area contributed by atoms with E-state index in [9.17, 15) is 4.79 Å². The first-order valence-electron chi connectivity index (χ1n) is 6.71. The Kier molecular flexibility index (Phi) is 4.83. The van der Waals surface area contributed by atoms with Crippen LogP contribution >= 0.6 is 15.9 Å². The summed E-state index contributed by atoms with van der Waals surface area (Å²) in [7, 11) is 1.84. The quantitative estimate of drug-likeness (QED) is 0.728. The minimum atomic E-state index is -0.306. The van der Waals surface area contributed by atoms with Crippen LogP contribution in [-0.2, 0) is 15.9 Å². The van der Waals surface area contributed by atoms with Gasteiger partial charge >= 0.3 is 0 Å². The first-order valence-corrected chi connectivity index (χ1v) is 7.51. The Labute approximate surface area is 128 Å². The van der Waals surface area contributed by atoms with Gasteiger partial charge in [0.1, 0.15) is 0 Å². The van der Waals surface area contributed by atoms with Crippen LogP contribution in [0.3, 0.4) is 0 Å². The van der Waals surface area contributed by atoms with E-state index in [2.05, 4.69) is 15.9 Å². The zero-order chi connectivity index (χ0) is 14.8. The molecule has 0 atom stereocenters. The summed E-state index contributed by atoms with van der Waals surface area (Å²) in [5, 5.41) is 0. The van der Waals surface area contributed by atoms with Crippen LogP contribution in [0.15, 0.2) is 22.7 Å². The number of amides is 1. The third-order valence-corrected chi connectivity index (χ3v) is 4.12. The average Bonchev–Trinajstić information content (AvgIpc) is 2.80. The van der Waals surface area contributed by atoms with Gasteiger partial charge in [-0.3, -0.25) is 4.79 Å². The van der Waals surface area contributed by atoms with Crippen LogP contribution in [0.4, 0.5) is 0 Å². The standard InChI is InChI=1S/C10H10BrNO.C5H10O2/c1-12-6-5-7-8(10(12)13)3-2-4-9(7)11;1-5(2)6-3-4-7-5/h2-4H,5-6H2,1H3;3-4H2,1-2H3. The third kappa shape index (κ3) is 3.59. The van der Waals surface area contributed by atoms with Crippen molar-refractivity contribution in [1.82, 2.24) is 4.90 Å². The summed E-state index contributed by atoms with van der Waals surface area (Å²) in [6.07, 6.45) is 0.943. The number of likely N-dealkylation sites (N-methyl/N-ethyl adjacent to an activating group) is 1. The van der Waals surface area contributed by atoms with Gasteiger partial charge in [-0.15, -0.1) is 0 Å². The van der Waals surface area contributed by atoms with Gasteiger partial charge in [-0.05, 0) is 38.0 Å². The molecule has 20 heavy (non-hydrogen) atoms. The molecule has 4 nitrogen and oxygen atoms in total. The molecule has 0 unspecified atom stereocenters. The van der Waals surface area contributed by atoms with E-state index in [0.29, 0.717) is 0 Å².